The molecule has 0 spiro atoms. The average Bonchev–Trinajstić information content (AvgIpc) is 2.91. The van der Waals surface area contributed by atoms with Crippen LogP contribution in [0.3, 0.4) is 0 Å². The van der Waals surface area contributed by atoms with E-state index in [9.17, 15) is 4.79 Å². The molecule has 0 amide bonds. The number of carbonyl (C=O) groups excluding carboxylic acids is 1. The second-order valence-electron chi connectivity index (χ2n) is 4.58. The molecule has 0 bridgehead atoms. The quantitative estimate of drug-likeness (QED) is 0.806. The summed E-state index contributed by atoms with van der Waals surface area (Å²) < 4.78 is 0. The van der Waals surface area contributed by atoms with Crippen molar-refractivity contribution in [1.82, 2.24) is 14.9 Å². The van der Waals surface area contributed by atoms with Crippen molar-refractivity contribution in [2.75, 3.05) is 7.05 Å². The molecule has 3 rings (SSSR count). The lowest BCUT2D eigenvalue weighted by molar-refractivity contribution is -0.121. The number of hydrogen-bond acceptors (Lipinski definition) is 6. The Balaban J connectivity index is 1.96. The third-order valence-corrected chi connectivity index (χ3v) is 3.93. The van der Waals surface area contributed by atoms with Crippen molar-refractivity contribution in [2.24, 2.45) is 5.16 Å². The second-order valence-corrected chi connectivity index (χ2v) is 5.39. The number of aldehydes is 1. The highest BCUT2D eigenvalue weighted by atomic mass is 35.5. The van der Waals surface area contributed by atoms with Gasteiger partial charge in [-0.3, -0.25) is 4.79 Å². The van der Waals surface area contributed by atoms with Gasteiger partial charge in [-0.25, -0.2) is 9.97 Å². The minimum Gasteiger partial charge on any atom is -0.360 e. The van der Waals surface area contributed by atoms with E-state index in [0.717, 1.165) is 5.56 Å². The molecule has 0 fully saturated rings. The van der Waals surface area contributed by atoms with Gasteiger partial charge in [0.2, 0.25) is 0 Å². The first kappa shape index (κ1) is 14.7. The van der Waals surface area contributed by atoms with Crippen LogP contribution >= 0.6 is 23.2 Å². The zero-order valence-electron chi connectivity index (χ0n) is 11.4. The van der Waals surface area contributed by atoms with Crippen LogP contribution in [-0.2, 0) is 9.63 Å². The Labute approximate surface area is 136 Å². The molecular formula is C14H10Cl2N4O2. The van der Waals surface area contributed by atoms with E-state index in [0.29, 0.717) is 33.6 Å². The maximum absolute atomic E-state index is 10.9. The summed E-state index contributed by atoms with van der Waals surface area (Å²) in [5.74, 6) is 0.459. The van der Waals surface area contributed by atoms with Crippen LogP contribution in [-0.4, -0.2) is 40.3 Å². The van der Waals surface area contributed by atoms with Gasteiger partial charge in [-0.1, -0.05) is 34.4 Å². The van der Waals surface area contributed by atoms with E-state index in [4.69, 9.17) is 28.0 Å². The summed E-state index contributed by atoms with van der Waals surface area (Å²) in [4.78, 5) is 25.8. The van der Waals surface area contributed by atoms with Crippen molar-refractivity contribution >= 4 is 35.3 Å². The molecule has 8 heteroatoms. The fourth-order valence-electron chi connectivity index (χ4n) is 2.00. The monoisotopic (exact) mass is 336 g/mol. The minimum atomic E-state index is -0.738. The van der Waals surface area contributed by atoms with Crippen LogP contribution in [0, 0.1) is 0 Å². The lowest BCUT2D eigenvalue weighted by Gasteiger charge is -2.15. The van der Waals surface area contributed by atoms with Crippen molar-refractivity contribution in [3.63, 3.8) is 0 Å². The molecule has 1 unspecified atom stereocenters. The van der Waals surface area contributed by atoms with E-state index >= 15 is 0 Å². The number of hydrogen-bond donors (Lipinski definition) is 0. The van der Waals surface area contributed by atoms with Gasteiger partial charge in [0, 0.05) is 12.6 Å². The van der Waals surface area contributed by atoms with Crippen LogP contribution in [0.15, 0.2) is 35.7 Å². The summed E-state index contributed by atoms with van der Waals surface area (Å²) in [5.41, 5.74) is 2.00. The van der Waals surface area contributed by atoms with Gasteiger partial charge in [0.05, 0.1) is 15.7 Å². The highest BCUT2D eigenvalue weighted by Crippen LogP contribution is 2.28. The third kappa shape index (κ3) is 2.63. The van der Waals surface area contributed by atoms with E-state index in [1.165, 1.54) is 6.33 Å². The number of likely N-dealkylation sites (N-methyl/N-ethyl adjacent to an activating group) is 1. The van der Waals surface area contributed by atoms with Crippen LogP contribution in [0.4, 0.5) is 0 Å². The van der Waals surface area contributed by atoms with Gasteiger partial charge in [0.15, 0.2) is 12.1 Å². The number of carbonyl (C=O) groups is 1. The molecule has 112 valence electrons. The zero-order chi connectivity index (χ0) is 15.7. The van der Waals surface area contributed by atoms with Crippen LogP contribution in [0.25, 0.3) is 11.3 Å². The van der Waals surface area contributed by atoms with Crippen molar-refractivity contribution in [1.29, 1.82) is 0 Å². The molecule has 2 aromatic rings. The van der Waals surface area contributed by atoms with E-state index in [-0.39, 0.29) is 0 Å². The topological polar surface area (TPSA) is 67.7 Å². The molecule has 6 nitrogen and oxygen atoms in total. The number of oxime groups is 1. The maximum atomic E-state index is 10.9. The molecule has 0 radical (unpaired) electrons. The van der Waals surface area contributed by atoms with E-state index in [1.807, 2.05) is 6.07 Å². The Kier molecular flexibility index (Phi) is 3.96. The first-order valence-electron chi connectivity index (χ1n) is 6.30. The molecule has 1 aromatic heterocycles. The summed E-state index contributed by atoms with van der Waals surface area (Å²) in [6, 6.07) is 6.98. The molecule has 2 heterocycles. The fourth-order valence-corrected chi connectivity index (χ4v) is 2.29. The molecule has 1 atom stereocenters. The Morgan fingerprint density at radius 2 is 1.95 bits per heavy atom. The van der Waals surface area contributed by atoms with Gasteiger partial charge in [0.1, 0.15) is 12.0 Å². The van der Waals surface area contributed by atoms with Gasteiger partial charge in [-0.15, -0.1) is 0 Å². The highest BCUT2D eigenvalue weighted by molar-refractivity contribution is 6.42. The van der Waals surface area contributed by atoms with E-state index < -0.39 is 6.23 Å². The predicted molar refractivity (Wildman–Crippen MR) is 82.7 cm³/mol. The summed E-state index contributed by atoms with van der Waals surface area (Å²) in [7, 11) is 1.70. The molecule has 0 aliphatic carbocycles. The van der Waals surface area contributed by atoms with Gasteiger partial charge >= 0.3 is 0 Å². The van der Waals surface area contributed by atoms with Crippen LogP contribution < -0.4 is 0 Å². The zero-order valence-corrected chi connectivity index (χ0v) is 12.9. The Hall–Kier alpha value is -2.18. The van der Waals surface area contributed by atoms with Crippen LogP contribution in [0.1, 0.15) is 5.69 Å². The maximum Gasteiger partial charge on any atom is 0.257 e. The number of halogens is 2. The average molecular weight is 337 g/mol. The molecular weight excluding hydrogens is 327 g/mol. The first-order chi connectivity index (χ1) is 10.6. The number of benzene rings is 1. The lowest BCUT2D eigenvalue weighted by Crippen LogP contribution is -2.34. The van der Waals surface area contributed by atoms with Gasteiger partial charge in [-0.2, -0.15) is 0 Å². The van der Waals surface area contributed by atoms with Crippen molar-refractivity contribution in [2.45, 2.75) is 6.23 Å². The smallest absolute Gasteiger partial charge is 0.257 e. The van der Waals surface area contributed by atoms with Crippen LogP contribution in [0.5, 0.6) is 0 Å². The number of rotatable bonds is 3. The molecule has 1 aliphatic heterocycles. The SMILES string of the molecule is CN1C(c2cc(-c3ccc(Cl)c(Cl)c3)ncn2)=NOC1C=O. The number of aromatic nitrogens is 2. The third-order valence-electron chi connectivity index (χ3n) is 3.19. The summed E-state index contributed by atoms with van der Waals surface area (Å²) in [6.45, 7) is 0. The standard InChI is InChI=1S/C14H10Cl2N4O2/c1-20-13(6-21)22-19-14(20)12-5-11(17-7-18-12)8-2-3-9(15)10(16)4-8/h2-7,13H,1H3. The predicted octanol–water partition coefficient (Wildman–Crippen LogP) is 2.60. The molecule has 1 aromatic carbocycles. The first-order valence-corrected chi connectivity index (χ1v) is 7.05. The fraction of sp³-hybridized carbons (Fsp3) is 0.143. The molecule has 0 saturated heterocycles. The van der Waals surface area contributed by atoms with Crippen LogP contribution in [0.2, 0.25) is 10.0 Å². The van der Waals surface area contributed by atoms with Gasteiger partial charge in [-0.05, 0) is 18.2 Å². The van der Waals surface area contributed by atoms with Gasteiger partial charge < -0.3 is 9.74 Å². The second kappa shape index (κ2) is 5.90. The largest absolute Gasteiger partial charge is 0.360 e. The minimum absolute atomic E-state index is 0.444. The normalized spacial score (nSPS) is 17.1. The van der Waals surface area contributed by atoms with Crippen molar-refractivity contribution in [3.8, 4) is 11.3 Å². The van der Waals surface area contributed by atoms with Crippen molar-refractivity contribution in [3.05, 3.63) is 46.3 Å². The summed E-state index contributed by atoms with van der Waals surface area (Å²) in [5, 5.41) is 4.80. The molecule has 0 saturated carbocycles. The number of nitrogens with zero attached hydrogens (tertiary/aromatic N) is 4. The van der Waals surface area contributed by atoms with Gasteiger partial charge in [0.25, 0.3) is 6.23 Å². The van der Waals surface area contributed by atoms with Crippen molar-refractivity contribution < 1.29 is 9.63 Å². The number of amidine groups is 1. The molecule has 22 heavy (non-hydrogen) atoms. The molecule has 1 aliphatic rings. The van der Waals surface area contributed by atoms with E-state index in [1.54, 1.807) is 30.1 Å². The van der Waals surface area contributed by atoms with E-state index in [2.05, 4.69) is 15.1 Å². The Morgan fingerprint density at radius 3 is 2.64 bits per heavy atom. The summed E-state index contributed by atoms with van der Waals surface area (Å²) in [6.07, 6.45) is 1.34. The highest BCUT2D eigenvalue weighted by Gasteiger charge is 2.28. The lowest BCUT2D eigenvalue weighted by atomic mass is 10.1. The summed E-state index contributed by atoms with van der Waals surface area (Å²) >= 11 is 11.9. The Morgan fingerprint density at radius 1 is 1.18 bits per heavy atom. The Bertz CT molecular complexity index is 766. The molecule has 0 N–H and O–H groups in total.